The van der Waals surface area contributed by atoms with Crippen LogP contribution < -0.4 is 5.69 Å². The monoisotopic (exact) mass is 509 g/mol. The number of benzene rings is 3. The summed E-state index contributed by atoms with van der Waals surface area (Å²) in [6, 6.07) is 17.1. The fourth-order valence-electron chi connectivity index (χ4n) is 5.55. The maximum atomic E-state index is 13.5. The first kappa shape index (κ1) is 24.7. The van der Waals surface area contributed by atoms with Crippen LogP contribution in [0.15, 0.2) is 65.5 Å². The second kappa shape index (κ2) is 10.6. The van der Waals surface area contributed by atoms with Gasteiger partial charge in [-0.3, -0.25) is 4.57 Å². The molecule has 1 aliphatic heterocycles. The van der Waals surface area contributed by atoms with Crippen LogP contribution in [0.3, 0.4) is 0 Å². The molecular formula is C29H30ClF2N3O. The van der Waals surface area contributed by atoms with E-state index in [-0.39, 0.29) is 29.3 Å². The molecule has 0 amide bonds. The van der Waals surface area contributed by atoms with E-state index in [4.69, 9.17) is 11.6 Å². The zero-order valence-electron chi connectivity index (χ0n) is 20.3. The fourth-order valence-corrected chi connectivity index (χ4v) is 5.70. The quantitative estimate of drug-likeness (QED) is 0.297. The van der Waals surface area contributed by atoms with Crippen molar-refractivity contribution in [2.75, 3.05) is 19.6 Å². The van der Waals surface area contributed by atoms with Crippen molar-refractivity contribution in [2.45, 2.75) is 44.6 Å². The maximum absolute atomic E-state index is 13.5. The van der Waals surface area contributed by atoms with Gasteiger partial charge in [-0.25, -0.2) is 13.6 Å². The van der Waals surface area contributed by atoms with Gasteiger partial charge in [-0.2, -0.15) is 0 Å². The lowest BCUT2D eigenvalue weighted by Gasteiger charge is -2.33. The summed E-state index contributed by atoms with van der Waals surface area (Å²) in [5.74, 6) is -0.432. The smallest absolute Gasteiger partial charge is 0.306 e. The summed E-state index contributed by atoms with van der Waals surface area (Å²) in [5.41, 5.74) is 4.67. The normalized spacial score (nSPS) is 15.2. The van der Waals surface area contributed by atoms with Crippen LogP contribution in [0, 0.1) is 18.6 Å². The maximum Gasteiger partial charge on any atom is 0.326 e. The Kier molecular flexibility index (Phi) is 7.26. The summed E-state index contributed by atoms with van der Waals surface area (Å²) in [6.07, 6.45) is 3.65. The third-order valence-corrected chi connectivity index (χ3v) is 7.91. The van der Waals surface area contributed by atoms with Crippen LogP contribution in [0.5, 0.6) is 0 Å². The molecule has 0 bridgehead atoms. The molecule has 0 saturated carbocycles. The van der Waals surface area contributed by atoms with E-state index in [9.17, 15) is 13.6 Å². The predicted octanol–water partition coefficient (Wildman–Crippen LogP) is 6.82. The van der Waals surface area contributed by atoms with E-state index in [2.05, 4.69) is 9.88 Å². The van der Waals surface area contributed by atoms with E-state index in [0.717, 1.165) is 73.0 Å². The van der Waals surface area contributed by atoms with Gasteiger partial charge in [-0.15, -0.1) is 0 Å². The van der Waals surface area contributed by atoms with Gasteiger partial charge >= 0.3 is 5.69 Å². The summed E-state index contributed by atoms with van der Waals surface area (Å²) in [7, 11) is 0. The number of halogens is 3. The molecule has 0 atom stereocenters. The van der Waals surface area contributed by atoms with Crippen LogP contribution >= 0.6 is 11.6 Å². The van der Waals surface area contributed by atoms with Crippen LogP contribution in [0.4, 0.5) is 8.78 Å². The second-order valence-corrected chi connectivity index (χ2v) is 10.1. The Labute approximate surface area is 214 Å². The summed E-state index contributed by atoms with van der Waals surface area (Å²) in [4.78, 5) is 18.2. The molecule has 0 unspecified atom stereocenters. The summed E-state index contributed by atoms with van der Waals surface area (Å²) < 4.78 is 28.9. The van der Waals surface area contributed by atoms with Gasteiger partial charge < -0.3 is 9.88 Å². The second-order valence-electron chi connectivity index (χ2n) is 9.74. The summed E-state index contributed by atoms with van der Waals surface area (Å²) >= 11 is 6.34. The van der Waals surface area contributed by atoms with Crippen LogP contribution in [0.25, 0.3) is 11.0 Å². The summed E-state index contributed by atoms with van der Waals surface area (Å²) in [5, 5.41) is 0.671. The predicted molar refractivity (Wildman–Crippen MR) is 141 cm³/mol. The molecule has 1 aliphatic rings. The van der Waals surface area contributed by atoms with Gasteiger partial charge in [0, 0.05) is 30.1 Å². The number of aromatic nitrogens is 2. The highest BCUT2D eigenvalue weighted by Gasteiger charge is 2.25. The van der Waals surface area contributed by atoms with Gasteiger partial charge in [0.15, 0.2) is 0 Å². The zero-order valence-corrected chi connectivity index (χ0v) is 21.1. The van der Waals surface area contributed by atoms with Crippen molar-refractivity contribution in [3.63, 3.8) is 0 Å². The topological polar surface area (TPSA) is 41.0 Å². The third kappa shape index (κ3) is 5.11. The fraction of sp³-hybridized carbons (Fsp3) is 0.345. The molecule has 1 aromatic heterocycles. The molecule has 188 valence electrons. The Bertz CT molecular complexity index is 1340. The Balaban J connectivity index is 1.23. The molecule has 0 radical (unpaired) electrons. The number of fused-ring (bicyclic) bond motifs is 1. The summed E-state index contributed by atoms with van der Waals surface area (Å²) in [6.45, 7) is 4.74. The SMILES string of the molecule is Cc1c(Cl)ccc2[nH]c(=O)n(C3CCN(CCCC(c4ccc(F)cc4)c4ccc(F)cc4)CC3)c12. The number of nitrogens with zero attached hydrogens (tertiary/aromatic N) is 2. The van der Waals surface area contributed by atoms with Crippen LogP contribution in [-0.4, -0.2) is 34.1 Å². The zero-order chi connectivity index (χ0) is 25.2. The van der Waals surface area contributed by atoms with Crippen LogP contribution in [0.1, 0.15) is 54.3 Å². The van der Waals surface area contributed by atoms with Gasteiger partial charge in [0.2, 0.25) is 0 Å². The minimum Gasteiger partial charge on any atom is -0.306 e. The molecule has 36 heavy (non-hydrogen) atoms. The van der Waals surface area contributed by atoms with Crippen LogP contribution in [-0.2, 0) is 0 Å². The van der Waals surface area contributed by atoms with E-state index in [0.29, 0.717) is 5.02 Å². The van der Waals surface area contributed by atoms with Crippen molar-refractivity contribution in [3.8, 4) is 0 Å². The average molecular weight is 510 g/mol. The number of hydrogen-bond acceptors (Lipinski definition) is 2. The molecule has 1 fully saturated rings. The molecule has 1 saturated heterocycles. The van der Waals surface area contributed by atoms with Gasteiger partial charge in [-0.1, -0.05) is 35.9 Å². The van der Waals surface area contributed by atoms with Gasteiger partial charge in [-0.05, 0) is 92.2 Å². The van der Waals surface area contributed by atoms with E-state index >= 15 is 0 Å². The number of hydrogen-bond donors (Lipinski definition) is 1. The molecule has 0 aliphatic carbocycles. The number of aryl methyl sites for hydroxylation is 1. The molecule has 4 aromatic rings. The lowest BCUT2D eigenvalue weighted by molar-refractivity contribution is 0.183. The minimum absolute atomic E-state index is 0.0738. The van der Waals surface area contributed by atoms with Gasteiger partial charge in [0.05, 0.1) is 11.0 Å². The lowest BCUT2D eigenvalue weighted by atomic mass is 9.87. The number of nitrogens with one attached hydrogen (secondary N) is 1. The average Bonchev–Trinajstić information content (AvgIpc) is 3.22. The van der Waals surface area contributed by atoms with E-state index in [1.807, 2.05) is 47.9 Å². The number of imidazole rings is 1. The van der Waals surface area contributed by atoms with E-state index in [1.165, 1.54) is 24.3 Å². The lowest BCUT2D eigenvalue weighted by Crippen LogP contribution is -2.37. The van der Waals surface area contributed by atoms with Crippen LogP contribution in [0.2, 0.25) is 5.02 Å². The van der Waals surface area contributed by atoms with Crippen molar-refractivity contribution in [3.05, 3.63) is 104 Å². The number of H-pyrrole nitrogens is 1. The minimum atomic E-state index is -0.258. The Morgan fingerprint density at radius 1 is 0.944 bits per heavy atom. The molecule has 3 aromatic carbocycles. The van der Waals surface area contributed by atoms with Gasteiger partial charge in [0.25, 0.3) is 0 Å². The molecule has 5 rings (SSSR count). The Hall–Kier alpha value is -2.96. The number of rotatable bonds is 7. The van der Waals surface area contributed by atoms with E-state index < -0.39 is 0 Å². The molecule has 0 spiro atoms. The van der Waals surface area contributed by atoms with Crippen molar-refractivity contribution in [2.24, 2.45) is 0 Å². The van der Waals surface area contributed by atoms with Crippen molar-refractivity contribution < 1.29 is 8.78 Å². The molecule has 7 heteroatoms. The molecular weight excluding hydrogens is 480 g/mol. The largest absolute Gasteiger partial charge is 0.326 e. The van der Waals surface area contributed by atoms with Crippen molar-refractivity contribution >= 4 is 22.6 Å². The first-order chi connectivity index (χ1) is 17.4. The molecule has 4 nitrogen and oxygen atoms in total. The first-order valence-corrected chi connectivity index (χ1v) is 12.9. The van der Waals surface area contributed by atoms with Gasteiger partial charge in [0.1, 0.15) is 11.6 Å². The highest BCUT2D eigenvalue weighted by atomic mass is 35.5. The number of likely N-dealkylation sites (tertiary alicyclic amines) is 1. The standard InChI is InChI=1S/C29H30ClF2N3O/c1-19-26(30)12-13-27-28(19)35(29(36)33-27)24-14-17-34(18-15-24)16-2-3-25(20-4-8-22(31)9-5-20)21-6-10-23(32)11-7-21/h4-13,24-25H,2-3,14-18H2,1H3,(H,33,36). The third-order valence-electron chi connectivity index (χ3n) is 7.50. The Morgan fingerprint density at radius 3 is 2.11 bits per heavy atom. The number of piperidine rings is 1. The Morgan fingerprint density at radius 2 is 1.53 bits per heavy atom. The number of aromatic amines is 1. The van der Waals surface area contributed by atoms with Crippen molar-refractivity contribution in [1.29, 1.82) is 0 Å². The first-order valence-electron chi connectivity index (χ1n) is 12.5. The highest BCUT2D eigenvalue weighted by Crippen LogP contribution is 2.32. The molecule has 1 N–H and O–H groups in total. The van der Waals surface area contributed by atoms with Crippen molar-refractivity contribution in [1.82, 2.24) is 14.5 Å². The highest BCUT2D eigenvalue weighted by molar-refractivity contribution is 6.32. The van der Waals surface area contributed by atoms with E-state index in [1.54, 1.807) is 0 Å². The molecule has 2 heterocycles.